The zero-order valence-electron chi connectivity index (χ0n) is 19.1. The highest BCUT2D eigenvalue weighted by Crippen LogP contribution is 2.33. The lowest BCUT2D eigenvalue weighted by Gasteiger charge is -2.39. The maximum Gasteiger partial charge on any atom is 0.246 e. The predicted molar refractivity (Wildman–Crippen MR) is 126 cm³/mol. The van der Waals surface area contributed by atoms with Crippen LogP contribution in [0.1, 0.15) is 12.8 Å². The number of rotatable bonds is 6. The number of piperazine rings is 1. The highest BCUT2D eigenvalue weighted by molar-refractivity contribution is 7.89. The zero-order valence-corrected chi connectivity index (χ0v) is 20.0. The SMILES string of the molecule is COc1ccc(OC)c(S(=O)(=O)N2CCC[C@H](C(=O)N3CCN(c4ccccc4)CC3)C2)c1. The van der Waals surface area contributed by atoms with E-state index in [0.29, 0.717) is 38.2 Å². The Hall–Kier alpha value is -2.78. The molecule has 2 heterocycles. The van der Waals surface area contributed by atoms with Gasteiger partial charge in [0.1, 0.15) is 16.4 Å². The van der Waals surface area contributed by atoms with E-state index in [9.17, 15) is 13.2 Å². The average molecular weight is 474 g/mol. The van der Waals surface area contributed by atoms with Gasteiger partial charge in [0, 0.05) is 51.0 Å². The molecule has 0 unspecified atom stereocenters. The molecular weight excluding hydrogens is 442 g/mol. The fourth-order valence-corrected chi connectivity index (χ4v) is 6.26. The molecule has 178 valence electrons. The van der Waals surface area contributed by atoms with E-state index in [2.05, 4.69) is 17.0 Å². The van der Waals surface area contributed by atoms with Crippen LogP contribution in [0.5, 0.6) is 11.5 Å². The molecule has 4 rings (SSSR count). The summed E-state index contributed by atoms with van der Waals surface area (Å²) in [6.45, 7) is 3.38. The van der Waals surface area contributed by atoms with Crippen LogP contribution in [-0.2, 0) is 14.8 Å². The Balaban J connectivity index is 1.44. The van der Waals surface area contributed by atoms with E-state index in [0.717, 1.165) is 18.8 Å². The van der Waals surface area contributed by atoms with Gasteiger partial charge in [-0.3, -0.25) is 4.79 Å². The van der Waals surface area contributed by atoms with Crippen LogP contribution in [0.2, 0.25) is 0 Å². The summed E-state index contributed by atoms with van der Waals surface area (Å²) >= 11 is 0. The smallest absolute Gasteiger partial charge is 0.246 e. The Kier molecular flexibility index (Phi) is 7.09. The Labute approximate surface area is 195 Å². The maximum absolute atomic E-state index is 13.4. The van der Waals surface area contributed by atoms with Gasteiger partial charge >= 0.3 is 0 Å². The number of benzene rings is 2. The van der Waals surface area contributed by atoms with Gasteiger partial charge in [0.05, 0.1) is 20.1 Å². The van der Waals surface area contributed by atoms with E-state index >= 15 is 0 Å². The number of nitrogens with zero attached hydrogens (tertiary/aromatic N) is 3. The number of piperidine rings is 1. The normalized spacial score (nSPS) is 19.9. The third-order valence-corrected chi connectivity index (χ3v) is 8.32. The molecule has 0 aromatic heterocycles. The second-order valence-corrected chi connectivity index (χ2v) is 10.3. The van der Waals surface area contributed by atoms with Gasteiger partial charge in [-0.15, -0.1) is 0 Å². The predicted octanol–water partition coefficient (Wildman–Crippen LogP) is 2.45. The second-order valence-electron chi connectivity index (χ2n) is 8.37. The lowest BCUT2D eigenvalue weighted by atomic mass is 9.97. The van der Waals surface area contributed by atoms with Crippen molar-refractivity contribution in [3.63, 3.8) is 0 Å². The lowest BCUT2D eigenvalue weighted by molar-refractivity contribution is -0.137. The van der Waals surface area contributed by atoms with E-state index in [4.69, 9.17) is 9.47 Å². The number of carbonyl (C=O) groups excluding carboxylic acids is 1. The fourth-order valence-electron chi connectivity index (χ4n) is 4.57. The maximum atomic E-state index is 13.4. The van der Waals surface area contributed by atoms with Gasteiger partial charge in [0.15, 0.2) is 0 Å². The van der Waals surface area contributed by atoms with Gasteiger partial charge < -0.3 is 19.3 Å². The standard InChI is InChI=1S/C24H31N3O5S/c1-31-21-10-11-22(32-2)23(17-21)33(29,30)27-12-6-7-19(18-27)24(28)26-15-13-25(14-16-26)20-8-4-3-5-9-20/h3-5,8-11,17,19H,6-7,12-16,18H2,1-2H3/t19-/m0/s1. The van der Waals surface area contributed by atoms with Gasteiger partial charge in [-0.2, -0.15) is 4.31 Å². The topological polar surface area (TPSA) is 79.4 Å². The van der Waals surface area contributed by atoms with Gasteiger partial charge in [-0.1, -0.05) is 18.2 Å². The molecule has 0 saturated carbocycles. The van der Waals surface area contributed by atoms with Crippen LogP contribution < -0.4 is 14.4 Å². The van der Waals surface area contributed by atoms with Crippen LogP contribution in [0, 0.1) is 5.92 Å². The molecule has 2 aromatic rings. The van der Waals surface area contributed by atoms with Crippen LogP contribution >= 0.6 is 0 Å². The molecule has 2 fully saturated rings. The number of anilines is 1. The number of amides is 1. The summed E-state index contributed by atoms with van der Waals surface area (Å²) in [6.07, 6.45) is 1.34. The molecule has 33 heavy (non-hydrogen) atoms. The van der Waals surface area contributed by atoms with E-state index in [1.807, 2.05) is 23.1 Å². The van der Waals surface area contributed by atoms with Crippen LogP contribution in [0.4, 0.5) is 5.69 Å². The summed E-state index contributed by atoms with van der Waals surface area (Å²) in [5, 5.41) is 0. The van der Waals surface area contributed by atoms with Crippen LogP contribution in [-0.4, -0.2) is 77.0 Å². The largest absolute Gasteiger partial charge is 0.497 e. The average Bonchev–Trinajstić information content (AvgIpc) is 2.88. The lowest BCUT2D eigenvalue weighted by Crippen LogP contribution is -2.53. The number of methoxy groups -OCH3 is 2. The highest BCUT2D eigenvalue weighted by atomic mass is 32.2. The molecule has 2 aliphatic rings. The molecule has 0 spiro atoms. The highest BCUT2D eigenvalue weighted by Gasteiger charge is 2.37. The van der Waals surface area contributed by atoms with E-state index in [1.165, 1.54) is 24.6 Å². The summed E-state index contributed by atoms with van der Waals surface area (Å²) < 4.78 is 38.8. The van der Waals surface area contributed by atoms with Crippen molar-refractivity contribution in [3.05, 3.63) is 48.5 Å². The van der Waals surface area contributed by atoms with Crippen molar-refractivity contribution < 1.29 is 22.7 Å². The summed E-state index contributed by atoms with van der Waals surface area (Å²) in [5.74, 6) is 0.408. The molecule has 0 aliphatic carbocycles. The Morgan fingerprint density at radius 3 is 2.33 bits per heavy atom. The molecular formula is C24H31N3O5S. The van der Waals surface area contributed by atoms with Crippen molar-refractivity contribution >= 4 is 21.6 Å². The number of hydrogen-bond donors (Lipinski definition) is 0. The van der Waals surface area contributed by atoms with Gasteiger partial charge in [0.25, 0.3) is 0 Å². The van der Waals surface area contributed by atoms with Crippen LogP contribution in [0.15, 0.2) is 53.4 Å². The van der Waals surface area contributed by atoms with Crippen molar-refractivity contribution in [2.75, 3.05) is 58.4 Å². The van der Waals surface area contributed by atoms with Crippen molar-refractivity contribution in [1.29, 1.82) is 0 Å². The molecule has 9 heteroatoms. The Morgan fingerprint density at radius 2 is 1.67 bits per heavy atom. The van der Waals surface area contributed by atoms with Crippen molar-refractivity contribution in [3.8, 4) is 11.5 Å². The second kappa shape index (κ2) is 10.0. The summed E-state index contributed by atoms with van der Waals surface area (Å²) in [5.41, 5.74) is 1.16. The van der Waals surface area contributed by atoms with Crippen molar-refractivity contribution in [2.24, 2.45) is 5.92 Å². The molecule has 2 saturated heterocycles. The first-order chi connectivity index (χ1) is 15.9. The third-order valence-electron chi connectivity index (χ3n) is 6.43. The summed E-state index contributed by atoms with van der Waals surface area (Å²) in [7, 11) is -0.896. The Morgan fingerprint density at radius 1 is 0.939 bits per heavy atom. The molecule has 8 nitrogen and oxygen atoms in total. The fraction of sp³-hybridized carbons (Fsp3) is 0.458. The third kappa shape index (κ3) is 4.94. The van der Waals surface area contributed by atoms with Gasteiger partial charge in [-0.25, -0.2) is 8.42 Å². The van der Waals surface area contributed by atoms with Gasteiger partial charge in [0.2, 0.25) is 15.9 Å². The summed E-state index contributed by atoms with van der Waals surface area (Å²) in [6, 6.07) is 14.9. The zero-order chi connectivity index (χ0) is 23.4. The number of sulfonamides is 1. The minimum absolute atomic E-state index is 0.0419. The molecule has 0 bridgehead atoms. The molecule has 1 atom stereocenters. The minimum atomic E-state index is -3.83. The minimum Gasteiger partial charge on any atom is -0.497 e. The van der Waals surface area contributed by atoms with E-state index in [-0.39, 0.29) is 29.0 Å². The molecule has 2 aromatic carbocycles. The van der Waals surface area contributed by atoms with E-state index in [1.54, 1.807) is 12.1 Å². The molecule has 0 radical (unpaired) electrons. The summed E-state index contributed by atoms with van der Waals surface area (Å²) in [4.78, 5) is 17.5. The number of para-hydroxylation sites is 1. The van der Waals surface area contributed by atoms with Crippen molar-refractivity contribution in [2.45, 2.75) is 17.7 Å². The van der Waals surface area contributed by atoms with Crippen LogP contribution in [0.3, 0.4) is 0 Å². The van der Waals surface area contributed by atoms with Crippen molar-refractivity contribution in [1.82, 2.24) is 9.21 Å². The molecule has 1 amide bonds. The van der Waals surface area contributed by atoms with Gasteiger partial charge in [-0.05, 0) is 37.1 Å². The number of carbonyl (C=O) groups is 1. The first-order valence-electron chi connectivity index (χ1n) is 11.2. The number of hydrogen-bond acceptors (Lipinski definition) is 6. The van der Waals surface area contributed by atoms with Crippen LogP contribution in [0.25, 0.3) is 0 Å². The monoisotopic (exact) mass is 473 g/mol. The Bertz CT molecular complexity index is 1070. The quantitative estimate of drug-likeness (QED) is 0.641. The molecule has 0 N–H and O–H groups in total. The molecule has 2 aliphatic heterocycles. The first kappa shape index (κ1) is 23.4. The number of ether oxygens (including phenoxy) is 2. The van der Waals surface area contributed by atoms with E-state index < -0.39 is 10.0 Å². The first-order valence-corrected chi connectivity index (χ1v) is 12.7.